The van der Waals surface area contributed by atoms with Crippen molar-refractivity contribution >= 4 is 23.2 Å². The zero-order valence-corrected chi connectivity index (χ0v) is 13.7. The van der Waals surface area contributed by atoms with E-state index in [0.717, 1.165) is 11.1 Å². The average Bonchev–Trinajstić information content (AvgIpc) is 2.52. The molecule has 0 aliphatic carbocycles. The van der Waals surface area contributed by atoms with Gasteiger partial charge in [-0.2, -0.15) is 5.26 Å². The zero-order chi connectivity index (χ0) is 16.8. The summed E-state index contributed by atoms with van der Waals surface area (Å²) in [7, 11) is 0. The number of ketones is 1. The van der Waals surface area contributed by atoms with E-state index in [1.807, 2.05) is 37.3 Å². The number of rotatable bonds is 6. The summed E-state index contributed by atoms with van der Waals surface area (Å²) < 4.78 is 0. The van der Waals surface area contributed by atoms with Crippen molar-refractivity contribution in [3.8, 4) is 6.07 Å². The first-order chi connectivity index (χ1) is 11.0. The Bertz CT molecular complexity index is 727. The van der Waals surface area contributed by atoms with Gasteiger partial charge in [0.25, 0.3) is 0 Å². The predicted molar refractivity (Wildman–Crippen MR) is 90.5 cm³/mol. The molecule has 0 amide bonds. The molecule has 1 aromatic heterocycles. The number of hydrazine groups is 1. The van der Waals surface area contributed by atoms with Crippen LogP contribution in [0.1, 0.15) is 33.5 Å². The molecule has 1 aromatic carbocycles. The summed E-state index contributed by atoms with van der Waals surface area (Å²) in [6.07, 6.45) is 0.360. The summed E-state index contributed by atoms with van der Waals surface area (Å²) in [4.78, 5) is 16.1. The molecule has 118 valence electrons. The third-order valence-corrected chi connectivity index (χ3v) is 3.62. The Morgan fingerprint density at radius 1 is 1.30 bits per heavy atom. The highest BCUT2D eigenvalue weighted by Crippen LogP contribution is 2.19. The molecule has 0 aliphatic rings. The topological polar surface area (TPSA) is 77.8 Å². The van der Waals surface area contributed by atoms with E-state index in [9.17, 15) is 4.79 Å². The van der Waals surface area contributed by atoms with Gasteiger partial charge in [0.15, 0.2) is 5.78 Å². The number of nitrogens with zero attached hydrogens (tertiary/aromatic N) is 2. The highest BCUT2D eigenvalue weighted by atomic mass is 35.5. The van der Waals surface area contributed by atoms with Gasteiger partial charge in [-0.15, -0.1) is 0 Å². The van der Waals surface area contributed by atoms with Gasteiger partial charge in [0.2, 0.25) is 0 Å². The minimum atomic E-state index is 0.0706. The van der Waals surface area contributed by atoms with Crippen LogP contribution in [0.2, 0.25) is 5.15 Å². The Morgan fingerprint density at radius 3 is 2.61 bits per heavy atom. The number of anilines is 1. The molecule has 0 atom stereocenters. The lowest BCUT2D eigenvalue weighted by Crippen LogP contribution is -2.25. The number of carbonyl (C=O) groups is 1. The van der Waals surface area contributed by atoms with Crippen LogP contribution in [-0.4, -0.2) is 17.3 Å². The molecule has 0 unspecified atom stereocenters. The number of benzene rings is 1. The van der Waals surface area contributed by atoms with Gasteiger partial charge in [0, 0.05) is 18.5 Å². The highest BCUT2D eigenvalue weighted by molar-refractivity contribution is 6.30. The van der Waals surface area contributed by atoms with Gasteiger partial charge in [-0.25, -0.2) is 10.4 Å². The number of hydrogen-bond donors (Lipinski definition) is 2. The van der Waals surface area contributed by atoms with Gasteiger partial charge in [0.1, 0.15) is 17.0 Å². The van der Waals surface area contributed by atoms with Crippen molar-refractivity contribution in [1.29, 1.82) is 5.26 Å². The highest BCUT2D eigenvalue weighted by Gasteiger charge is 2.08. The normalized spacial score (nSPS) is 10.2. The van der Waals surface area contributed by atoms with Crippen molar-refractivity contribution in [2.45, 2.75) is 20.3 Å². The summed E-state index contributed by atoms with van der Waals surface area (Å²) in [6.45, 7) is 4.22. The Morgan fingerprint density at radius 2 is 2.00 bits per heavy atom. The van der Waals surface area contributed by atoms with E-state index in [1.54, 1.807) is 13.0 Å². The molecule has 1 heterocycles. The van der Waals surface area contributed by atoms with E-state index in [1.165, 1.54) is 0 Å². The fraction of sp³-hybridized carbons (Fsp3) is 0.235. The fourth-order valence-electron chi connectivity index (χ4n) is 2.05. The number of carbonyl (C=O) groups excluding carboxylic acids is 1. The average molecular weight is 329 g/mol. The van der Waals surface area contributed by atoms with Gasteiger partial charge in [-0.05, 0) is 25.5 Å². The van der Waals surface area contributed by atoms with E-state index >= 15 is 0 Å². The SMILES string of the molecule is Cc1ccc(C(=O)CCNNc2cc(C)c(C#N)c(Cl)n2)cc1. The Balaban J connectivity index is 1.85. The van der Waals surface area contributed by atoms with Crippen molar-refractivity contribution in [3.05, 3.63) is 57.7 Å². The minimum absolute atomic E-state index is 0.0706. The second kappa shape index (κ2) is 7.73. The fourth-order valence-corrected chi connectivity index (χ4v) is 2.33. The van der Waals surface area contributed by atoms with Crippen LogP contribution in [0.5, 0.6) is 0 Å². The smallest absolute Gasteiger partial charge is 0.164 e. The molecule has 2 N–H and O–H groups in total. The maximum Gasteiger partial charge on any atom is 0.164 e. The van der Waals surface area contributed by atoms with Crippen LogP contribution in [0.4, 0.5) is 5.82 Å². The van der Waals surface area contributed by atoms with E-state index in [0.29, 0.717) is 29.9 Å². The van der Waals surface area contributed by atoms with Crippen LogP contribution >= 0.6 is 11.6 Å². The number of Topliss-reactive ketones (excluding diaryl/α,β-unsaturated/α-hetero) is 1. The maximum absolute atomic E-state index is 12.0. The van der Waals surface area contributed by atoms with Crippen LogP contribution in [0.15, 0.2) is 30.3 Å². The van der Waals surface area contributed by atoms with E-state index in [-0.39, 0.29) is 10.9 Å². The Hall–Kier alpha value is -2.42. The molecule has 0 bridgehead atoms. The molecule has 6 heteroatoms. The molecule has 5 nitrogen and oxygen atoms in total. The van der Waals surface area contributed by atoms with Crippen LogP contribution in [0.25, 0.3) is 0 Å². The lowest BCUT2D eigenvalue weighted by molar-refractivity contribution is 0.0983. The number of aryl methyl sites for hydroxylation is 2. The Labute approximate surface area is 140 Å². The van der Waals surface area contributed by atoms with Gasteiger partial charge >= 0.3 is 0 Å². The van der Waals surface area contributed by atoms with Crippen molar-refractivity contribution in [2.75, 3.05) is 12.0 Å². The number of hydrogen-bond acceptors (Lipinski definition) is 5. The zero-order valence-electron chi connectivity index (χ0n) is 13.0. The number of pyridine rings is 1. The van der Waals surface area contributed by atoms with Crippen LogP contribution in [-0.2, 0) is 0 Å². The first-order valence-corrected chi connectivity index (χ1v) is 7.55. The third-order valence-electron chi connectivity index (χ3n) is 3.35. The summed E-state index contributed by atoms with van der Waals surface area (Å²) in [5, 5.41) is 9.10. The summed E-state index contributed by atoms with van der Waals surface area (Å²) in [5.41, 5.74) is 8.75. The number of aromatic nitrogens is 1. The molecular formula is C17H17ClN4O. The van der Waals surface area contributed by atoms with E-state index < -0.39 is 0 Å². The van der Waals surface area contributed by atoms with Gasteiger partial charge in [-0.3, -0.25) is 4.79 Å². The molecule has 0 fully saturated rings. The van der Waals surface area contributed by atoms with Crippen LogP contribution in [0, 0.1) is 25.2 Å². The molecule has 0 aliphatic heterocycles. The quantitative estimate of drug-likeness (QED) is 0.368. The van der Waals surface area contributed by atoms with Crippen molar-refractivity contribution < 1.29 is 4.79 Å². The molecule has 0 spiro atoms. The number of nitrogens with one attached hydrogen (secondary N) is 2. The summed E-state index contributed by atoms with van der Waals surface area (Å²) >= 11 is 5.94. The van der Waals surface area contributed by atoms with Gasteiger partial charge < -0.3 is 5.43 Å². The predicted octanol–water partition coefficient (Wildman–Crippen LogP) is 3.41. The Kier molecular flexibility index (Phi) is 5.69. The first kappa shape index (κ1) is 16.9. The second-order valence-corrected chi connectivity index (χ2v) is 5.55. The van der Waals surface area contributed by atoms with Crippen LogP contribution < -0.4 is 10.9 Å². The molecular weight excluding hydrogens is 312 g/mol. The van der Waals surface area contributed by atoms with E-state index in [4.69, 9.17) is 16.9 Å². The number of halogens is 1. The largest absolute Gasteiger partial charge is 0.306 e. The lowest BCUT2D eigenvalue weighted by atomic mass is 10.1. The maximum atomic E-state index is 12.0. The van der Waals surface area contributed by atoms with E-state index in [2.05, 4.69) is 15.8 Å². The standard InChI is InChI=1S/C17H17ClN4O/c1-11-3-5-13(6-4-11)15(23)7-8-20-22-16-9-12(2)14(10-19)17(18)21-16/h3-6,9,20H,7-8H2,1-2H3,(H,21,22). The van der Waals surface area contributed by atoms with Gasteiger partial charge in [-0.1, -0.05) is 41.4 Å². The summed E-state index contributed by atoms with van der Waals surface area (Å²) in [6, 6.07) is 11.2. The molecule has 2 aromatic rings. The van der Waals surface area contributed by atoms with Crippen molar-refractivity contribution in [1.82, 2.24) is 10.4 Å². The molecule has 0 saturated heterocycles. The minimum Gasteiger partial charge on any atom is -0.306 e. The molecule has 23 heavy (non-hydrogen) atoms. The number of nitriles is 1. The summed E-state index contributed by atoms with van der Waals surface area (Å²) in [5.74, 6) is 0.579. The third kappa shape index (κ3) is 4.52. The molecule has 0 radical (unpaired) electrons. The second-order valence-electron chi connectivity index (χ2n) is 5.19. The molecule has 0 saturated carbocycles. The van der Waals surface area contributed by atoms with Crippen LogP contribution in [0.3, 0.4) is 0 Å². The monoisotopic (exact) mass is 328 g/mol. The first-order valence-electron chi connectivity index (χ1n) is 7.17. The van der Waals surface area contributed by atoms with Crippen molar-refractivity contribution in [2.24, 2.45) is 0 Å². The lowest BCUT2D eigenvalue weighted by Gasteiger charge is -2.09. The van der Waals surface area contributed by atoms with Crippen molar-refractivity contribution in [3.63, 3.8) is 0 Å². The van der Waals surface area contributed by atoms with Gasteiger partial charge in [0.05, 0.1) is 5.56 Å². The molecule has 2 rings (SSSR count).